The minimum Gasteiger partial charge on any atom is -0.496 e. The lowest BCUT2D eigenvalue weighted by Crippen LogP contribution is -2.38. The number of aliphatic hydroxyl groups excluding tert-OH is 1. The zero-order valence-electron chi connectivity index (χ0n) is 12.1. The molecule has 102 valence electrons. The molecular weight excluding hydrogens is 226 g/mol. The SMILES string of the molecule is COc1ccc(C)cc1CN(C)C(CO)C(C)C. The lowest BCUT2D eigenvalue weighted by molar-refractivity contribution is 0.107. The highest BCUT2D eigenvalue weighted by atomic mass is 16.5. The van der Waals surface area contributed by atoms with Crippen molar-refractivity contribution < 1.29 is 9.84 Å². The summed E-state index contributed by atoms with van der Waals surface area (Å²) in [5.41, 5.74) is 2.39. The Morgan fingerprint density at radius 2 is 2.00 bits per heavy atom. The number of methoxy groups -OCH3 is 1. The molecule has 1 aromatic rings. The molecule has 1 N–H and O–H groups in total. The van der Waals surface area contributed by atoms with Crippen LogP contribution in [0.4, 0.5) is 0 Å². The molecule has 0 aliphatic carbocycles. The number of likely N-dealkylation sites (N-methyl/N-ethyl adjacent to an activating group) is 1. The Morgan fingerprint density at radius 1 is 1.33 bits per heavy atom. The van der Waals surface area contributed by atoms with Crippen LogP contribution in [-0.2, 0) is 6.54 Å². The molecular formula is C15H25NO2. The Kier molecular flexibility index (Phi) is 5.63. The van der Waals surface area contributed by atoms with Gasteiger partial charge >= 0.3 is 0 Å². The highest BCUT2D eigenvalue weighted by Crippen LogP contribution is 2.22. The van der Waals surface area contributed by atoms with Crippen molar-refractivity contribution in [2.75, 3.05) is 20.8 Å². The molecule has 1 rings (SSSR count). The number of aliphatic hydroxyl groups is 1. The van der Waals surface area contributed by atoms with Gasteiger partial charge in [-0.25, -0.2) is 0 Å². The Bertz CT molecular complexity index is 377. The summed E-state index contributed by atoms with van der Waals surface area (Å²) in [6.45, 7) is 7.31. The number of aryl methyl sites for hydroxylation is 1. The van der Waals surface area contributed by atoms with E-state index >= 15 is 0 Å². The van der Waals surface area contributed by atoms with Gasteiger partial charge < -0.3 is 9.84 Å². The van der Waals surface area contributed by atoms with Gasteiger partial charge in [-0.3, -0.25) is 4.90 Å². The molecule has 3 nitrogen and oxygen atoms in total. The van der Waals surface area contributed by atoms with Gasteiger partial charge in [0.2, 0.25) is 0 Å². The van der Waals surface area contributed by atoms with Crippen molar-refractivity contribution in [1.29, 1.82) is 0 Å². The molecule has 3 heteroatoms. The first-order valence-electron chi connectivity index (χ1n) is 6.44. The molecule has 0 fully saturated rings. The Labute approximate surface area is 110 Å². The van der Waals surface area contributed by atoms with E-state index in [4.69, 9.17) is 4.74 Å². The lowest BCUT2D eigenvalue weighted by Gasteiger charge is -2.30. The second kappa shape index (κ2) is 6.76. The fourth-order valence-corrected chi connectivity index (χ4v) is 2.28. The topological polar surface area (TPSA) is 32.7 Å². The predicted octanol–water partition coefficient (Wildman–Crippen LogP) is 2.45. The second-order valence-electron chi connectivity index (χ2n) is 5.22. The first kappa shape index (κ1) is 15.0. The summed E-state index contributed by atoms with van der Waals surface area (Å²) in [7, 11) is 3.74. The van der Waals surface area contributed by atoms with E-state index in [1.807, 2.05) is 19.2 Å². The molecule has 1 unspecified atom stereocenters. The van der Waals surface area contributed by atoms with E-state index in [-0.39, 0.29) is 12.6 Å². The van der Waals surface area contributed by atoms with Crippen LogP contribution >= 0.6 is 0 Å². The van der Waals surface area contributed by atoms with Crippen molar-refractivity contribution in [2.45, 2.75) is 33.4 Å². The number of rotatable bonds is 6. The van der Waals surface area contributed by atoms with Crippen LogP contribution in [0.1, 0.15) is 25.0 Å². The molecule has 0 bridgehead atoms. The molecule has 0 radical (unpaired) electrons. The van der Waals surface area contributed by atoms with Gasteiger partial charge in [-0.05, 0) is 26.0 Å². The highest BCUT2D eigenvalue weighted by Gasteiger charge is 2.18. The Balaban J connectivity index is 2.86. The third-order valence-electron chi connectivity index (χ3n) is 3.38. The highest BCUT2D eigenvalue weighted by molar-refractivity contribution is 5.36. The molecule has 1 atom stereocenters. The number of nitrogens with zero attached hydrogens (tertiary/aromatic N) is 1. The smallest absolute Gasteiger partial charge is 0.123 e. The maximum absolute atomic E-state index is 9.45. The van der Waals surface area contributed by atoms with Gasteiger partial charge in [0.15, 0.2) is 0 Å². The summed E-state index contributed by atoms with van der Waals surface area (Å²) >= 11 is 0. The van der Waals surface area contributed by atoms with Crippen LogP contribution in [0.5, 0.6) is 5.75 Å². The molecule has 0 aliphatic rings. The van der Waals surface area contributed by atoms with Crippen molar-refractivity contribution in [2.24, 2.45) is 5.92 Å². The maximum Gasteiger partial charge on any atom is 0.123 e. The fraction of sp³-hybridized carbons (Fsp3) is 0.600. The van der Waals surface area contributed by atoms with Crippen LogP contribution in [0.15, 0.2) is 18.2 Å². The molecule has 0 saturated heterocycles. The Hall–Kier alpha value is -1.06. The summed E-state index contributed by atoms with van der Waals surface area (Å²) in [4.78, 5) is 2.18. The van der Waals surface area contributed by atoms with E-state index in [9.17, 15) is 5.11 Å². The van der Waals surface area contributed by atoms with Gasteiger partial charge in [0.25, 0.3) is 0 Å². The number of hydrogen-bond donors (Lipinski definition) is 1. The summed E-state index contributed by atoms with van der Waals surface area (Å²) in [6.07, 6.45) is 0. The van der Waals surface area contributed by atoms with Gasteiger partial charge in [-0.15, -0.1) is 0 Å². The molecule has 0 aliphatic heterocycles. The molecule has 0 saturated carbocycles. The molecule has 1 aromatic carbocycles. The zero-order valence-corrected chi connectivity index (χ0v) is 12.1. The fourth-order valence-electron chi connectivity index (χ4n) is 2.28. The minimum absolute atomic E-state index is 0.176. The standard InChI is InChI=1S/C15H25NO2/c1-11(2)14(10-17)16(4)9-13-8-12(3)6-7-15(13)18-5/h6-8,11,14,17H,9-10H2,1-5H3. The molecule has 18 heavy (non-hydrogen) atoms. The van der Waals surface area contributed by atoms with Crippen molar-refractivity contribution in [3.8, 4) is 5.75 Å². The molecule has 0 amide bonds. The van der Waals surface area contributed by atoms with E-state index in [0.29, 0.717) is 5.92 Å². The van der Waals surface area contributed by atoms with E-state index in [1.54, 1.807) is 7.11 Å². The summed E-state index contributed by atoms with van der Waals surface area (Å²) in [5.74, 6) is 1.34. The first-order chi connectivity index (χ1) is 8.49. The third kappa shape index (κ3) is 3.72. The Morgan fingerprint density at radius 3 is 2.50 bits per heavy atom. The van der Waals surface area contributed by atoms with Crippen molar-refractivity contribution in [3.63, 3.8) is 0 Å². The van der Waals surface area contributed by atoms with Crippen molar-refractivity contribution in [1.82, 2.24) is 4.90 Å². The normalized spacial score (nSPS) is 13.1. The van der Waals surface area contributed by atoms with Gasteiger partial charge in [0, 0.05) is 18.2 Å². The van der Waals surface area contributed by atoms with Crippen LogP contribution in [0.2, 0.25) is 0 Å². The predicted molar refractivity (Wildman–Crippen MR) is 74.9 cm³/mol. The zero-order chi connectivity index (χ0) is 13.7. The van der Waals surface area contributed by atoms with E-state index < -0.39 is 0 Å². The number of hydrogen-bond acceptors (Lipinski definition) is 3. The van der Waals surface area contributed by atoms with Gasteiger partial charge in [-0.2, -0.15) is 0 Å². The van der Waals surface area contributed by atoms with Crippen LogP contribution in [0, 0.1) is 12.8 Å². The second-order valence-corrected chi connectivity index (χ2v) is 5.22. The van der Waals surface area contributed by atoms with Crippen LogP contribution in [0.25, 0.3) is 0 Å². The number of ether oxygens (including phenoxy) is 1. The third-order valence-corrected chi connectivity index (χ3v) is 3.38. The summed E-state index contributed by atoms with van der Waals surface area (Å²) in [5, 5.41) is 9.45. The monoisotopic (exact) mass is 251 g/mol. The molecule has 0 aromatic heterocycles. The average Bonchev–Trinajstić information content (AvgIpc) is 2.29. The van der Waals surface area contributed by atoms with Crippen molar-refractivity contribution >= 4 is 0 Å². The van der Waals surface area contributed by atoms with E-state index in [1.165, 1.54) is 11.1 Å². The van der Waals surface area contributed by atoms with Crippen molar-refractivity contribution in [3.05, 3.63) is 29.3 Å². The maximum atomic E-state index is 9.45. The van der Waals surface area contributed by atoms with E-state index in [2.05, 4.69) is 31.7 Å². The van der Waals surface area contributed by atoms with E-state index in [0.717, 1.165) is 12.3 Å². The van der Waals surface area contributed by atoms with Gasteiger partial charge in [0.1, 0.15) is 5.75 Å². The summed E-state index contributed by atoms with van der Waals surface area (Å²) in [6, 6.07) is 6.37. The lowest BCUT2D eigenvalue weighted by atomic mass is 10.0. The molecule has 0 heterocycles. The summed E-state index contributed by atoms with van der Waals surface area (Å²) < 4.78 is 5.39. The minimum atomic E-state index is 0.176. The molecule has 0 spiro atoms. The van der Waals surface area contributed by atoms with Crippen LogP contribution in [0.3, 0.4) is 0 Å². The first-order valence-corrected chi connectivity index (χ1v) is 6.44. The van der Waals surface area contributed by atoms with Crippen LogP contribution in [-0.4, -0.2) is 36.8 Å². The van der Waals surface area contributed by atoms with Crippen LogP contribution < -0.4 is 4.74 Å². The van der Waals surface area contributed by atoms with Gasteiger partial charge in [-0.1, -0.05) is 31.5 Å². The average molecular weight is 251 g/mol. The number of benzene rings is 1. The largest absolute Gasteiger partial charge is 0.496 e. The van der Waals surface area contributed by atoms with Gasteiger partial charge in [0.05, 0.1) is 13.7 Å². The quantitative estimate of drug-likeness (QED) is 0.843.